The number of hydrogen-bond acceptors (Lipinski definition) is 4. The number of hydrogen-bond donors (Lipinski definition) is 2. The molecular weight excluding hydrogens is 472 g/mol. The zero-order valence-electron chi connectivity index (χ0n) is 17.7. The molecule has 0 atom stereocenters. The molecule has 6 nitrogen and oxygen atoms in total. The van der Waals surface area contributed by atoms with Gasteiger partial charge in [0.2, 0.25) is 0 Å². The minimum atomic E-state index is -4.21. The Kier molecular flexibility index (Phi) is 6.49. The SMILES string of the molecule is O=S(=O)(O)c1ccc(-c2ccc(C=Cc3ccc(-c4ccc(S(=O)(=O)O)cc4)cc3)cc2)cc1. The van der Waals surface area contributed by atoms with Crippen LogP contribution in [0.25, 0.3) is 34.4 Å². The predicted molar refractivity (Wildman–Crippen MR) is 132 cm³/mol. The second-order valence-corrected chi connectivity index (χ2v) is 10.4. The van der Waals surface area contributed by atoms with Crippen molar-refractivity contribution in [2.24, 2.45) is 0 Å². The molecule has 4 aromatic carbocycles. The zero-order valence-corrected chi connectivity index (χ0v) is 19.4. The fourth-order valence-electron chi connectivity index (χ4n) is 3.40. The fourth-order valence-corrected chi connectivity index (χ4v) is 4.36. The summed E-state index contributed by atoms with van der Waals surface area (Å²) in [6.07, 6.45) is 3.95. The molecule has 0 fully saturated rings. The molecule has 34 heavy (non-hydrogen) atoms. The average molecular weight is 493 g/mol. The van der Waals surface area contributed by atoms with E-state index in [1.807, 2.05) is 60.7 Å². The molecular formula is C26H20O6S2. The molecule has 0 aliphatic rings. The maximum absolute atomic E-state index is 11.2. The first kappa shape index (κ1) is 23.6. The van der Waals surface area contributed by atoms with Gasteiger partial charge >= 0.3 is 0 Å². The van der Waals surface area contributed by atoms with E-state index in [4.69, 9.17) is 9.11 Å². The van der Waals surface area contributed by atoms with Crippen molar-refractivity contribution in [1.29, 1.82) is 0 Å². The van der Waals surface area contributed by atoms with Crippen LogP contribution in [0.15, 0.2) is 107 Å². The molecule has 0 radical (unpaired) electrons. The van der Waals surface area contributed by atoms with Crippen LogP contribution in [-0.2, 0) is 20.2 Å². The van der Waals surface area contributed by atoms with E-state index in [0.29, 0.717) is 0 Å². The van der Waals surface area contributed by atoms with E-state index in [-0.39, 0.29) is 9.79 Å². The minimum Gasteiger partial charge on any atom is -0.282 e. The normalized spacial score (nSPS) is 12.2. The first-order valence-electron chi connectivity index (χ1n) is 10.1. The van der Waals surface area contributed by atoms with Gasteiger partial charge in [-0.15, -0.1) is 0 Å². The lowest BCUT2D eigenvalue weighted by molar-refractivity contribution is 0.481. The smallest absolute Gasteiger partial charge is 0.282 e. The van der Waals surface area contributed by atoms with Crippen LogP contribution in [-0.4, -0.2) is 25.9 Å². The van der Waals surface area contributed by atoms with E-state index in [0.717, 1.165) is 33.4 Å². The quantitative estimate of drug-likeness (QED) is 0.265. The molecule has 0 aliphatic carbocycles. The lowest BCUT2D eigenvalue weighted by Crippen LogP contribution is -1.97. The Hall–Kier alpha value is -3.56. The lowest BCUT2D eigenvalue weighted by atomic mass is 10.0. The summed E-state index contributed by atoms with van der Waals surface area (Å²) in [4.78, 5) is -0.283. The second-order valence-electron chi connectivity index (χ2n) is 7.58. The van der Waals surface area contributed by atoms with Crippen molar-refractivity contribution < 1.29 is 25.9 Å². The Morgan fingerprint density at radius 1 is 0.412 bits per heavy atom. The van der Waals surface area contributed by atoms with Gasteiger partial charge in [0.05, 0.1) is 9.79 Å². The van der Waals surface area contributed by atoms with E-state index < -0.39 is 20.2 Å². The highest BCUT2D eigenvalue weighted by molar-refractivity contribution is 7.86. The lowest BCUT2D eigenvalue weighted by Gasteiger charge is -2.05. The molecule has 172 valence electrons. The third-order valence-electron chi connectivity index (χ3n) is 5.26. The maximum atomic E-state index is 11.2. The van der Waals surface area contributed by atoms with Gasteiger partial charge in [-0.25, -0.2) is 0 Å². The van der Waals surface area contributed by atoms with Crippen molar-refractivity contribution in [3.05, 3.63) is 108 Å². The summed E-state index contributed by atoms with van der Waals surface area (Å²) in [5, 5.41) is 0. The van der Waals surface area contributed by atoms with E-state index in [1.165, 1.54) is 24.3 Å². The van der Waals surface area contributed by atoms with Crippen LogP contribution in [0.3, 0.4) is 0 Å². The summed E-state index contributed by atoms with van der Waals surface area (Å²) in [7, 11) is -8.42. The Morgan fingerprint density at radius 3 is 0.882 bits per heavy atom. The van der Waals surface area contributed by atoms with Crippen LogP contribution in [0.5, 0.6) is 0 Å². The molecule has 0 aromatic heterocycles. The van der Waals surface area contributed by atoms with Gasteiger partial charge in [0.25, 0.3) is 20.2 Å². The summed E-state index contributed by atoms with van der Waals surface area (Å²) < 4.78 is 62.9. The molecule has 4 aromatic rings. The van der Waals surface area contributed by atoms with Crippen LogP contribution in [0.4, 0.5) is 0 Å². The summed E-state index contributed by atoms with van der Waals surface area (Å²) in [5.41, 5.74) is 5.49. The third kappa shape index (κ3) is 5.67. The predicted octanol–water partition coefficient (Wildman–Crippen LogP) is 5.68. The van der Waals surface area contributed by atoms with Gasteiger partial charge in [-0.05, 0) is 57.6 Å². The highest BCUT2D eigenvalue weighted by atomic mass is 32.2. The summed E-state index contributed by atoms with van der Waals surface area (Å²) in [5.74, 6) is 0. The summed E-state index contributed by atoms with van der Waals surface area (Å²) in [6.45, 7) is 0. The largest absolute Gasteiger partial charge is 0.294 e. The highest BCUT2D eigenvalue weighted by Gasteiger charge is 2.10. The molecule has 0 spiro atoms. The van der Waals surface area contributed by atoms with Crippen LogP contribution in [0, 0.1) is 0 Å². The summed E-state index contributed by atoms with van der Waals surface area (Å²) >= 11 is 0. The van der Waals surface area contributed by atoms with Crippen LogP contribution in [0.2, 0.25) is 0 Å². The van der Waals surface area contributed by atoms with Crippen LogP contribution in [0.1, 0.15) is 11.1 Å². The van der Waals surface area contributed by atoms with Crippen molar-refractivity contribution in [1.82, 2.24) is 0 Å². The number of rotatable bonds is 6. The molecule has 0 saturated heterocycles. The fraction of sp³-hybridized carbons (Fsp3) is 0. The Bertz CT molecular complexity index is 1410. The van der Waals surface area contributed by atoms with Gasteiger partial charge in [0.1, 0.15) is 0 Å². The molecule has 0 bridgehead atoms. The third-order valence-corrected chi connectivity index (χ3v) is 7.00. The van der Waals surface area contributed by atoms with Gasteiger partial charge in [-0.3, -0.25) is 9.11 Å². The van der Waals surface area contributed by atoms with Gasteiger partial charge in [-0.2, -0.15) is 16.8 Å². The van der Waals surface area contributed by atoms with Crippen LogP contribution >= 0.6 is 0 Å². The van der Waals surface area contributed by atoms with Gasteiger partial charge < -0.3 is 0 Å². The van der Waals surface area contributed by atoms with Crippen molar-refractivity contribution in [2.75, 3.05) is 0 Å². The molecule has 2 N–H and O–H groups in total. The molecule has 0 amide bonds. The molecule has 0 saturated carbocycles. The average Bonchev–Trinajstić information content (AvgIpc) is 2.82. The van der Waals surface area contributed by atoms with Gasteiger partial charge in [0, 0.05) is 0 Å². The standard InChI is InChI=1S/C26H20O6S2/c27-33(28,29)25-15-11-23(12-16-25)21-7-3-19(4-8-21)1-2-20-5-9-22(10-6-20)24-13-17-26(18-14-24)34(30,31)32/h1-18H,(H,27,28,29)(H,30,31,32). The molecule has 0 heterocycles. The van der Waals surface area contributed by atoms with E-state index in [1.54, 1.807) is 24.3 Å². The minimum absolute atomic E-state index is 0.142. The molecule has 0 unspecified atom stereocenters. The van der Waals surface area contributed by atoms with Crippen molar-refractivity contribution in [2.45, 2.75) is 9.79 Å². The Morgan fingerprint density at radius 2 is 0.647 bits per heavy atom. The van der Waals surface area contributed by atoms with Crippen molar-refractivity contribution in [3.8, 4) is 22.3 Å². The van der Waals surface area contributed by atoms with Gasteiger partial charge in [-0.1, -0.05) is 84.9 Å². The first-order valence-corrected chi connectivity index (χ1v) is 13.0. The summed E-state index contributed by atoms with van der Waals surface area (Å²) in [6, 6.07) is 27.6. The molecule has 8 heteroatoms. The molecule has 4 rings (SSSR count). The van der Waals surface area contributed by atoms with Crippen molar-refractivity contribution >= 4 is 32.4 Å². The Labute approximate surface area is 198 Å². The molecule has 0 aliphatic heterocycles. The van der Waals surface area contributed by atoms with Crippen LogP contribution < -0.4 is 0 Å². The van der Waals surface area contributed by atoms with Crippen molar-refractivity contribution in [3.63, 3.8) is 0 Å². The zero-order chi connectivity index (χ0) is 24.3. The van der Waals surface area contributed by atoms with Gasteiger partial charge in [0.15, 0.2) is 0 Å². The number of benzene rings is 4. The van der Waals surface area contributed by atoms with E-state index in [2.05, 4.69) is 0 Å². The Balaban J connectivity index is 1.44. The second kappa shape index (κ2) is 9.36. The van der Waals surface area contributed by atoms with E-state index in [9.17, 15) is 16.8 Å². The highest BCUT2D eigenvalue weighted by Crippen LogP contribution is 2.24. The maximum Gasteiger partial charge on any atom is 0.294 e. The monoisotopic (exact) mass is 492 g/mol. The topological polar surface area (TPSA) is 109 Å². The first-order chi connectivity index (χ1) is 16.1. The van der Waals surface area contributed by atoms with E-state index >= 15 is 0 Å².